The molecule has 0 aromatic carbocycles. The van der Waals surface area contributed by atoms with Gasteiger partial charge in [-0.25, -0.2) is 0 Å². The van der Waals surface area contributed by atoms with Crippen molar-refractivity contribution >= 4 is 19.2 Å². The maximum absolute atomic E-state index is 12.1. The molecule has 0 spiro atoms. The number of allylic oxidation sites excluding steroid dienone is 1. The van der Waals surface area contributed by atoms with Crippen LogP contribution < -0.4 is 0 Å². The second-order valence-corrected chi connectivity index (χ2v) is 6.02. The van der Waals surface area contributed by atoms with Gasteiger partial charge in [-0.15, -0.1) is 0 Å². The minimum atomic E-state index is -3.23. The Hall–Kier alpha value is 0.180. The van der Waals surface area contributed by atoms with E-state index in [0.717, 1.165) is 25.7 Å². The highest BCUT2D eigenvalue weighted by Crippen LogP contribution is 2.57. The van der Waals surface area contributed by atoms with Crippen LogP contribution in [0.2, 0.25) is 0 Å². The van der Waals surface area contributed by atoms with E-state index in [-0.39, 0.29) is 4.77 Å². The summed E-state index contributed by atoms with van der Waals surface area (Å²) in [5.41, 5.74) is 0. The van der Waals surface area contributed by atoms with Crippen LogP contribution in [-0.2, 0) is 13.6 Å². The number of hydrogen-bond donors (Lipinski definition) is 0. The molecule has 16 heavy (non-hydrogen) atoms. The Bertz CT molecular complexity index is 244. The molecule has 3 nitrogen and oxygen atoms in total. The fraction of sp³-hybridized carbons (Fsp3) is 0.818. The first kappa shape index (κ1) is 16.2. The third-order valence-electron chi connectivity index (χ3n) is 1.98. The van der Waals surface area contributed by atoms with E-state index in [1.807, 2.05) is 0 Å². The van der Waals surface area contributed by atoms with Crippen LogP contribution in [0.25, 0.3) is 0 Å². The average molecular weight is 269 g/mol. The Morgan fingerprint density at radius 3 is 2.19 bits per heavy atom. The van der Waals surface area contributed by atoms with Crippen molar-refractivity contribution in [2.24, 2.45) is 0 Å². The van der Waals surface area contributed by atoms with E-state index >= 15 is 0 Å². The van der Waals surface area contributed by atoms with Gasteiger partial charge in [-0.3, -0.25) is 4.57 Å². The SMILES string of the molecule is CCCCC/C=C(\Cl)P(=O)(OCC)OCC. The average Bonchev–Trinajstić information content (AvgIpc) is 2.24. The molecule has 0 unspecified atom stereocenters. The lowest BCUT2D eigenvalue weighted by molar-refractivity contribution is 0.228. The second kappa shape index (κ2) is 9.23. The molecule has 0 aliphatic rings. The molecule has 0 saturated carbocycles. The topological polar surface area (TPSA) is 35.5 Å². The lowest BCUT2D eigenvalue weighted by Gasteiger charge is -2.15. The molecular weight excluding hydrogens is 247 g/mol. The van der Waals surface area contributed by atoms with Crippen LogP contribution in [-0.4, -0.2) is 13.2 Å². The Balaban J connectivity index is 4.36. The molecular formula is C11H22ClO3P. The normalized spacial score (nSPS) is 13.1. The van der Waals surface area contributed by atoms with Crippen molar-refractivity contribution in [1.82, 2.24) is 0 Å². The van der Waals surface area contributed by atoms with Gasteiger partial charge in [0.25, 0.3) is 0 Å². The van der Waals surface area contributed by atoms with Crippen LogP contribution >= 0.6 is 19.2 Å². The van der Waals surface area contributed by atoms with E-state index in [1.165, 1.54) is 0 Å². The molecule has 0 heterocycles. The van der Waals surface area contributed by atoms with Gasteiger partial charge in [-0.2, -0.15) is 0 Å². The van der Waals surface area contributed by atoms with Crippen molar-refractivity contribution in [2.75, 3.05) is 13.2 Å². The van der Waals surface area contributed by atoms with Gasteiger partial charge in [0.1, 0.15) is 4.77 Å². The summed E-state index contributed by atoms with van der Waals surface area (Å²) < 4.78 is 22.6. The van der Waals surface area contributed by atoms with E-state index in [2.05, 4.69) is 6.92 Å². The second-order valence-electron chi connectivity index (χ2n) is 3.36. The predicted octanol–water partition coefficient (Wildman–Crippen LogP) is 4.91. The minimum Gasteiger partial charge on any atom is -0.305 e. The summed E-state index contributed by atoms with van der Waals surface area (Å²) in [5.74, 6) is 0. The number of rotatable bonds is 9. The third kappa shape index (κ3) is 6.05. The molecule has 0 N–H and O–H groups in total. The molecule has 0 saturated heterocycles. The lowest BCUT2D eigenvalue weighted by atomic mass is 10.2. The van der Waals surface area contributed by atoms with Crippen LogP contribution in [0, 0.1) is 0 Å². The molecule has 0 aliphatic carbocycles. The van der Waals surface area contributed by atoms with Crippen molar-refractivity contribution in [2.45, 2.75) is 46.5 Å². The lowest BCUT2D eigenvalue weighted by Crippen LogP contribution is -1.95. The zero-order chi connectivity index (χ0) is 12.4. The van der Waals surface area contributed by atoms with Crippen LogP contribution in [0.5, 0.6) is 0 Å². The van der Waals surface area contributed by atoms with Gasteiger partial charge in [0.2, 0.25) is 0 Å². The molecule has 0 bridgehead atoms. The quantitative estimate of drug-likeness (QED) is 0.440. The van der Waals surface area contributed by atoms with E-state index in [4.69, 9.17) is 20.6 Å². The van der Waals surface area contributed by atoms with Gasteiger partial charge in [0, 0.05) is 0 Å². The standard InChI is InChI=1S/C11H22ClO3P/c1-4-7-8-9-10-11(12)16(13,14-5-2)15-6-3/h10H,4-9H2,1-3H3/b11-10+. The highest BCUT2D eigenvalue weighted by atomic mass is 35.5. The number of halogens is 1. The van der Waals surface area contributed by atoms with Crippen LogP contribution in [0.15, 0.2) is 10.8 Å². The molecule has 0 radical (unpaired) electrons. The van der Waals surface area contributed by atoms with Crippen molar-refractivity contribution < 1.29 is 13.6 Å². The van der Waals surface area contributed by atoms with Crippen molar-refractivity contribution in [3.8, 4) is 0 Å². The molecule has 0 atom stereocenters. The molecule has 0 aromatic rings. The van der Waals surface area contributed by atoms with Crippen molar-refractivity contribution in [3.05, 3.63) is 10.8 Å². The Morgan fingerprint density at radius 2 is 1.75 bits per heavy atom. The first-order valence-electron chi connectivity index (χ1n) is 5.86. The zero-order valence-electron chi connectivity index (χ0n) is 10.4. The van der Waals surface area contributed by atoms with E-state index in [9.17, 15) is 4.57 Å². The van der Waals surface area contributed by atoms with E-state index in [1.54, 1.807) is 19.9 Å². The fourth-order valence-electron chi connectivity index (χ4n) is 1.23. The van der Waals surface area contributed by atoms with E-state index in [0.29, 0.717) is 13.2 Å². The summed E-state index contributed by atoms with van der Waals surface area (Å²) in [6, 6.07) is 0. The molecule has 0 amide bonds. The summed E-state index contributed by atoms with van der Waals surface area (Å²) in [4.78, 5) is 0. The zero-order valence-corrected chi connectivity index (χ0v) is 12.0. The van der Waals surface area contributed by atoms with Gasteiger partial charge in [0.15, 0.2) is 0 Å². The Morgan fingerprint density at radius 1 is 1.19 bits per heavy atom. The molecule has 0 fully saturated rings. The summed E-state index contributed by atoms with van der Waals surface area (Å²) >= 11 is 5.97. The largest absolute Gasteiger partial charge is 0.372 e. The molecule has 96 valence electrons. The van der Waals surface area contributed by atoms with Gasteiger partial charge in [-0.05, 0) is 26.7 Å². The maximum Gasteiger partial charge on any atom is 0.372 e. The van der Waals surface area contributed by atoms with Crippen molar-refractivity contribution in [3.63, 3.8) is 0 Å². The third-order valence-corrected chi connectivity index (χ3v) is 4.66. The highest BCUT2D eigenvalue weighted by Gasteiger charge is 2.27. The number of hydrogen-bond acceptors (Lipinski definition) is 3. The Labute approximate surface area is 104 Å². The van der Waals surface area contributed by atoms with Crippen LogP contribution in [0.4, 0.5) is 0 Å². The summed E-state index contributed by atoms with van der Waals surface area (Å²) in [6.07, 6.45) is 5.92. The first-order valence-corrected chi connectivity index (χ1v) is 7.78. The Kier molecular flexibility index (Phi) is 9.34. The predicted molar refractivity (Wildman–Crippen MR) is 68.9 cm³/mol. The molecule has 0 aliphatic heterocycles. The van der Waals surface area contributed by atoms with Crippen LogP contribution in [0.3, 0.4) is 0 Å². The molecule has 0 rings (SSSR count). The number of unbranched alkanes of at least 4 members (excludes halogenated alkanes) is 3. The summed E-state index contributed by atoms with van der Waals surface area (Å²) in [7, 11) is -3.23. The van der Waals surface area contributed by atoms with Gasteiger partial charge < -0.3 is 9.05 Å². The van der Waals surface area contributed by atoms with Gasteiger partial charge in [-0.1, -0.05) is 37.4 Å². The highest BCUT2D eigenvalue weighted by molar-refractivity contribution is 7.61. The minimum absolute atomic E-state index is 0.215. The molecule has 0 aromatic heterocycles. The monoisotopic (exact) mass is 268 g/mol. The fourth-order valence-corrected chi connectivity index (χ4v) is 2.98. The first-order chi connectivity index (χ1) is 7.60. The smallest absolute Gasteiger partial charge is 0.305 e. The van der Waals surface area contributed by atoms with Gasteiger partial charge in [0.05, 0.1) is 13.2 Å². The van der Waals surface area contributed by atoms with Crippen molar-refractivity contribution in [1.29, 1.82) is 0 Å². The maximum atomic E-state index is 12.1. The summed E-state index contributed by atoms with van der Waals surface area (Å²) in [5, 5.41) is 0. The van der Waals surface area contributed by atoms with Crippen LogP contribution in [0.1, 0.15) is 46.5 Å². The summed E-state index contributed by atoms with van der Waals surface area (Å²) in [6.45, 7) is 6.34. The van der Waals surface area contributed by atoms with E-state index < -0.39 is 7.60 Å². The molecule has 5 heteroatoms. The van der Waals surface area contributed by atoms with Gasteiger partial charge >= 0.3 is 7.60 Å².